The van der Waals surface area contributed by atoms with Crippen LogP contribution in [0.1, 0.15) is 34.5 Å². The lowest BCUT2D eigenvalue weighted by molar-refractivity contribution is -0.131. The Bertz CT molecular complexity index is 1230. The molecule has 0 aliphatic carbocycles. The van der Waals surface area contributed by atoms with E-state index in [2.05, 4.69) is 57.8 Å². The fraction of sp³-hybridized carbons (Fsp3) is 0.250. The molecule has 0 unspecified atom stereocenters. The van der Waals surface area contributed by atoms with E-state index in [0.717, 1.165) is 23.9 Å². The SMILES string of the molecule is O=C(CCN(Cc1ccccc1)c1nc(Cc2ccccc2)ns1)N1CCc2ccccc2C1. The van der Waals surface area contributed by atoms with Gasteiger partial charge in [-0.25, -0.2) is 4.98 Å². The number of nitrogens with zero attached hydrogens (tertiary/aromatic N) is 4. The van der Waals surface area contributed by atoms with Crippen molar-refractivity contribution in [2.45, 2.75) is 32.4 Å². The van der Waals surface area contributed by atoms with E-state index >= 15 is 0 Å². The molecule has 172 valence electrons. The predicted octanol–water partition coefficient (Wildman–Crippen LogP) is 5.11. The highest BCUT2D eigenvalue weighted by Crippen LogP contribution is 2.23. The van der Waals surface area contributed by atoms with Crippen LogP contribution in [0, 0.1) is 0 Å². The van der Waals surface area contributed by atoms with Gasteiger partial charge in [0.05, 0.1) is 0 Å². The molecule has 0 atom stereocenters. The molecule has 3 aromatic carbocycles. The summed E-state index contributed by atoms with van der Waals surface area (Å²) in [5, 5.41) is 0.867. The van der Waals surface area contributed by atoms with E-state index in [4.69, 9.17) is 4.98 Å². The molecule has 5 rings (SSSR count). The van der Waals surface area contributed by atoms with E-state index in [1.54, 1.807) is 0 Å². The minimum atomic E-state index is 0.196. The average Bonchev–Trinajstić information content (AvgIpc) is 3.35. The fourth-order valence-corrected chi connectivity index (χ4v) is 5.08. The normalized spacial score (nSPS) is 12.9. The average molecular weight is 469 g/mol. The maximum absolute atomic E-state index is 13.1. The highest BCUT2D eigenvalue weighted by Gasteiger charge is 2.22. The number of rotatable bonds is 8. The second kappa shape index (κ2) is 10.6. The van der Waals surface area contributed by atoms with Crippen LogP contribution in [0.5, 0.6) is 0 Å². The first-order valence-corrected chi connectivity index (χ1v) is 12.5. The maximum Gasteiger partial charge on any atom is 0.224 e. The quantitative estimate of drug-likeness (QED) is 0.361. The van der Waals surface area contributed by atoms with Gasteiger partial charge in [-0.15, -0.1) is 0 Å². The number of carbonyl (C=O) groups is 1. The molecular weight excluding hydrogens is 440 g/mol. The Hall–Kier alpha value is -3.51. The fourth-order valence-electron chi connectivity index (χ4n) is 4.37. The summed E-state index contributed by atoms with van der Waals surface area (Å²) in [6.45, 7) is 2.81. The Morgan fingerprint density at radius 1 is 0.882 bits per heavy atom. The molecule has 0 radical (unpaired) electrons. The van der Waals surface area contributed by atoms with Crippen molar-refractivity contribution in [2.75, 3.05) is 18.0 Å². The first-order valence-electron chi connectivity index (χ1n) is 11.7. The molecule has 1 amide bonds. The third kappa shape index (κ3) is 5.51. The first-order chi connectivity index (χ1) is 16.7. The van der Waals surface area contributed by atoms with Crippen molar-refractivity contribution in [3.05, 3.63) is 113 Å². The molecule has 6 heteroatoms. The van der Waals surface area contributed by atoms with Gasteiger partial charge in [-0.2, -0.15) is 4.37 Å². The smallest absolute Gasteiger partial charge is 0.224 e. The molecule has 0 saturated heterocycles. The van der Waals surface area contributed by atoms with Gasteiger partial charge in [0, 0.05) is 50.6 Å². The van der Waals surface area contributed by atoms with Gasteiger partial charge in [0.15, 0.2) is 0 Å². The second-order valence-corrected chi connectivity index (χ2v) is 9.38. The summed E-state index contributed by atoms with van der Waals surface area (Å²) in [6.07, 6.45) is 2.10. The molecule has 1 aliphatic rings. The Morgan fingerprint density at radius 3 is 2.32 bits per heavy atom. The summed E-state index contributed by atoms with van der Waals surface area (Å²) in [6, 6.07) is 29.0. The number of hydrogen-bond donors (Lipinski definition) is 0. The number of fused-ring (bicyclic) bond motifs is 1. The molecule has 1 aliphatic heterocycles. The van der Waals surface area contributed by atoms with Crippen LogP contribution in [0.3, 0.4) is 0 Å². The monoisotopic (exact) mass is 468 g/mol. The molecule has 4 aromatic rings. The van der Waals surface area contributed by atoms with Gasteiger partial charge in [-0.3, -0.25) is 4.79 Å². The number of carbonyl (C=O) groups excluding carboxylic acids is 1. The lowest BCUT2D eigenvalue weighted by Gasteiger charge is -2.30. The summed E-state index contributed by atoms with van der Waals surface area (Å²) >= 11 is 1.41. The van der Waals surface area contributed by atoms with Gasteiger partial charge >= 0.3 is 0 Å². The van der Waals surface area contributed by atoms with E-state index in [0.29, 0.717) is 32.5 Å². The molecule has 34 heavy (non-hydrogen) atoms. The van der Waals surface area contributed by atoms with Gasteiger partial charge < -0.3 is 9.80 Å². The van der Waals surface area contributed by atoms with Crippen LogP contribution < -0.4 is 4.90 Å². The summed E-state index contributed by atoms with van der Waals surface area (Å²) in [4.78, 5) is 22.1. The molecular formula is C28H28N4OS. The second-order valence-electron chi connectivity index (χ2n) is 8.65. The van der Waals surface area contributed by atoms with Crippen molar-refractivity contribution >= 4 is 22.6 Å². The molecule has 5 nitrogen and oxygen atoms in total. The van der Waals surface area contributed by atoms with Crippen LogP contribution in [0.25, 0.3) is 0 Å². The van der Waals surface area contributed by atoms with E-state index in [9.17, 15) is 4.79 Å². The lowest BCUT2D eigenvalue weighted by atomic mass is 10.00. The van der Waals surface area contributed by atoms with E-state index in [1.165, 1.54) is 33.8 Å². The predicted molar refractivity (Wildman–Crippen MR) is 137 cm³/mol. The number of hydrogen-bond acceptors (Lipinski definition) is 5. The third-order valence-electron chi connectivity index (χ3n) is 6.23. The van der Waals surface area contributed by atoms with Crippen LogP contribution >= 0.6 is 11.5 Å². The highest BCUT2D eigenvalue weighted by atomic mass is 32.1. The van der Waals surface area contributed by atoms with Crippen molar-refractivity contribution in [3.63, 3.8) is 0 Å². The molecule has 2 heterocycles. The Morgan fingerprint density at radius 2 is 1.56 bits per heavy atom. The number of aromatic nitrogens is 2. The van der Waals surface area contributed by atoms with E-state index < -0.39 is 0 Å². The zero-order valence-electron chi connectivity index (χ0n) is 19.1. The Balaban J connectivity index is 1.27. The molecule has 0 spiro atoms. The van der Waals surface area contributed by atoms with Crippen LogP contribution in [-0.2, 0) is 30.7 Å². The van der Waals surface area contributed by atoms with Crippen molar-refractivity contribution in [2.24, 2.45) is 0 Å². The summed E-state index contributed by atoms with van der Waals surface area (Å²) in [5.41, 5.74) is 5.01. The van der Waals surface area contributed by atoms with Crippen LogP contribution in [-0.4, -0.2) is 33.3 Å². The zero-order chi connectivity index (χ0) is 23.2. The lowest BCUT2D eigenvalue weighted by Crippen LogP contribution is -2.38. The van der Waals surface area contributed by atoms with Gasteiger partial charge in [0.25, 0.3) is 0 Å². The minimum Gasteiger partial charge on any atom is -0.342 e. The topological polar surface area (TPSA) is 49.3 Å². The largest absolute Gasteiger partial charge is 0.342 e. The summed E-state index contributed by atoms with van der Waals surface area (Å²) < 4.78 is 4.61. The Labute approximate surface area is 204 Å². The van der Waals surface area contributed by atoms with Crippen LogP contribution in [0.15, 0.2) is 84.9 Å². The molecule has 0 saturated carbocycles. The van der Waals surface area contributed by atoms with Crippen molar-refractivity contribution < 1.29 is 4.79 Å². The number of anilines is 1. The van der Waals surface area contributed by atoms with E-state index in [1.807, 2.05) is 41.3 Å². The molecule has 0 fully saturated rings. The van der Waals surface area contributed by atoms with Crippen LogP contribution in [0.2, 0.25) is 0 Å². The van der Waals surface area contributed by atoms with Crippen molar-refractivity contribution in [3.8, 4) is 0 Å². The first kappa shape index (κ1) is 22.3. The summed E-state index contributed by atoms with van der Waals surface area (Å²) in [5.74, 6) is 1.02. The molecule has 0 bridgehead atoms. The third-order valence-corrected chi connectivity index (χ3v) is 7.04. The van der Waals surface area contributed by atoms with Gasteiger partial charge in [0.2, 0.25) is 11.0 Å². The van der Waals surface area contributed by atoms with Gasteiger partial charge in [-0.05, 0) is 28.7 Å². The zero-order valence-corrected chi connectivity index (χ0v) is 20.0. The standard InChI is InChI=1S/C28H28N4OS/c33-27(31-17-15-24-13-7-8-14-25(24)21-31)16-18-32(20-23-11-5-2-6-12-23)28-29-26(30-34-28)19-22-9-3-1-4-10-22/h1-14H,15-21H2. The highest BCUT2D eigenvalue weighted by molar-refractivity contribution is 7.09. The van der Waals surface area contributed by atoms with Gasteiger partial charge in [-0.1, -0.05) is 84.9 Å². The van der Waals surface area contributed by atoms with Gasteiger partial charge in [0.1, 0.15) is 5.82 Å². The molecule has 1 aromatic heterocycles. The number of amides is 1. The summed E-state index contributed by atoms with van der Waals surface area (Å²) in [7, 11) is 0. The maximum atomic E-state index is 13.1. The minimum absolute atomic E-state index is 0.196. The van der Waals surface area contributed by atoms with Crippen molar-refractivity contribution in [1.29, 1.82) is 0 Å². The Kier molecular flexibility index (Phi) is 6.96. The van der Waals surface area contributed by atoms with E-state index in [-0.39, 0.29) is 5.91 Å². The van der Waals surface area contributed by atoms with Crippen molar-refractivity contribution in [1.82, 2.24) is 14.3 Å². The molecule has 0 N–H and O–H groups in total. The van der Waals surface area contributed by atoms with Crippen LogP contribution in [0.4, 0.5) is 5.13 Å². The number of benzene rings is 3.